The Kier molecular flexibility index (Phi) is 4.67. The Morgan fingerprint density at radius 2 is 2.15 bits per heavy atom. The Labute approximate surface area is 80.2 Å². The van der Waals surface area contributed by atoms with E-state index in [2.05, 4.69) is 11.9 Å². The van der Waals surface area contributed by atoms with Crippen molar-refractivity contribution in [2.75, 3.05) is 0 Å². The molecule has 0 rings (SSSR count). The standard InChI is InChI=1S/C10H18NO2/c1-6-8(2)7-11-9(12)13-10(3,4)5/h7-8H,2,6H2,1,3-5H3. The molecule has 13 heavy (non-hydrogen) atoms. The quantitative estimate of drug-likeness (QED) is 0.619. The number of carbonyl (C=O) groups is 1. The van der Waals surface area contributed by atoms with Gasteiger partial charge in [-0.2, -0.15) is 4.99 Å². The number of hydrogen-bond acceptors (Lipinski definition) is 2. The fourth-order valence-electron chi connectivity index (χ4n) is 0.560. The van der Waals surface area contributed by atoms with Crippen molar-refractivity contribution < 1.29 is 9.53 Å². The zero-order valence-corrected chi connectivity index (χ0v) is 8.83. The number of rotatable bonds is 2. The molecular weight excluding hydrogens is 166 g/mol. The summed E-state index contributed by atoms with van der Waals surface area (Å²) in [6.07, 6.45) is 1.84. The van der Waals surface area contributed by atoms with Gasteiger partial charge < -0.3 is 4.74 Å². The van der Waals surface area contributed by atoms with Crippen LogP contribution in [0.1, 0.15) is 34.1 Å². The van der Waals surface area contributed by atoms with Gasteiger partial charge in [0.1, 0.15) is 5.60 Å². The van der Waals surface area contributed by atoms with Crippen LogP contribution < -0.4 is 0 Å². The summed E-state index contributed by atoms with van der Waals surface area (Å²) in [5, 5.41) is 0. The summed E-state index contributed by atoms with van der Waals surface area (Å²) in [6, 6.07) is 0. The van der Waals surface area contributed by atoms with E-state index >= 15 is 0 Å². The lowest BCUT2D eigenvalue weighted by Crippen LogP contribution is -2.22. The van der Waals surface area contributed by atoms with Crippen molar-refractivity contribution in [3.8, 4) is 0 Å². The van der Waals surface area contributed by atoms with Gasteiger partial charge in [-0.3, -0.25) is 0 Å². The van der Waals surface area contributed by atoms with Crippen LogP contribution in [0.5, 0.6) is 0 Å². The molecule has 0 heterocycles. The molecule has 0 spiro atoms. The number of aliphatic imine (C=N–C) groups is 1. The molecule has 3 heteroatoms. The summed E-state index contributed by atoms with van der Waals surface area (Å²) in [6.45, 7) is 11.2. The van der Waals surface area contributed by atoms with E-state index in [1.807, 2.05) is 27.7 Å². The van der Waals surface area contributed by atoms with E-state index < -0.39 is 11.7 Å². The number of carbonyl (C=O) groups excluding carboxylic acids is 1. The molecule has 0 aliphatic rings. The van der Waals surface area contributed by atoms with Gasteiger partial charge in [-0.1, -0.05) is 6.92 Å². The van der Waals surface area contributed by atoms with Crippen molar-refractivity contribution >= 4 is 12.3 Å². The molecule has 3 nitrogen and oxygen atoms in total. The molecular formula is C10H18NO2. The zero-order valence-electron chi connectivity index (χ0n) is 8.83. The van der Waals surface area contributed by atoms with Gasteiger partial charge in [-0.15, -0.1) is 0 Å². The smallest absolute Gasteiger partial charge is 0.433 e. The molecule has 0 saturated heterocycles. The molecule has 0 aromatic heterocycles. The van der Waals surface area contributed by atoms with Crippen LogP contribution in [-0.4, -0.2) is 17.9 Å². The molecule has 1 radical (unpaired) electrons. The lowest BCUT2D eigenvalue weighted by molar-refractivity contribution is 0.0604. The second-order valence-electron chi connectivity index (χ2n) is 3.93. The summed E-state index contributed by atoms with van der Waals surface area (Å²) < 4.78 is 4.97. The number of ether oxygens (including phenoxy) is 1. The average Bonchev–Trinajstić information content (AvgIpc) is 1.97. The Hall–Kier alpha value is -0.860. The van der Waals surface area contributed by atoms with E-state index in [4.69, 9.17) is 4.74 Å². The summed E-state index contributed by atoms with van der Waals surface area (Å²) in [5.41, 5.74) is -0.475. The molecule has 0 aromatic rings. The topological polar surface area (TPSA) is 38.7 Å². The van der Waals surface area contributed by atoms with Crippen molar-refractivity contribution in [1.82, 2.24) is 0 Å². The maximum atomic E-state index is 11.0. The van der Waals surface area contributed by atoms with Crippen LogP contribution >= 0.6 is 0 Å². The third kappa shape index (κ3) is 7.50. The molecule has 0 aliphatic heterocycles. The molecule has 1 unspecified atom stereocenters. The Bertz CT molecular complexity index is 192. The number of amides is 1. The first-order valence-electron chi connectivity index (χ1n) is 4.45. The summed E-state index contributed by atoms with van der Waals surface area (Å²) in [5.74, 6) is 0.0764. The minimum atomic E-state index is -0.547. The van der Waals surface area contributed by atoms with Crippen molar-refractivity contribution in [2.24, 2.45) is 10.9 Å². The van der Waals surface area contributed by atoms with E-state index in [1.165, 1.54) is 6.21 Å². The summed E-state index contributed by atoms with van der Waals surface area (Å²) >= 11 is 0. The predicted octanol–water partition coefficient (Wildman–Crippen LogP) is 2.85. The molecule has 75 valence electrons. The van der Waals surface area contributed by atoms with Crippen molar-refractivity contribution in [1.29, 1.82) is 0 Å². The fourth-order valence-corrected chi connectivity index (χ4v) is 0.560. The highest BCUT2D eigenvalue weighted by molar-refractivity contribution is 5.80. The highest BCUT2D eigenvalue weighted by atomic mass is 16.6. The van der Waals surface area contributed by atoms with Crippen LogP contribution in [0.4, 0.5) is 4.79 Å². The highest BCUT2D eigenvalue weighted by Crippen LogP contribution is 2.08. The van der Waals surface area contributed by atoms with Gasteiger partial charge in [0.15, 0.2) is 0 Å². The molecule has 1 atom stereocenters. The van der Waals surface area contributed by atoms with Crippen LogP contribution in [0.3, 0.4) is 0 Å². The molecule has 0 fully saturated rings. The molecule has 0 N–H and O–H groups in total. The minimum Gasteiger partial charge on any atom is -0.442 e. The average molecular weight is 184 g/mol. The van der Waals surface area contributed by atoms with E-state index in [1.54, 1.807) is 0 Å². The number of nitrogens with zero attached hydrogens (tertiary/aromatic N) is 1. The second-order valence-corrected chi connectivity index (χ2v) is 3.93. The number of hydrogen-bond donors (Lipinski definition) is 0. The van der Waals surface area contributed by atoms with Gasteiger partial charge in [0.25, 0.3) is 0 Å². The van der Waals surface area contributed by atoms with Crippen LogP contribution in [0, 0.1) is 12.8 Å². The van der Waals surface area contributed by atoms with E-state index in [-0.39, 0.29) is 5.92 Å². The first-order chi connectivity index (χ1) is 5.85. The van der Waals surface area contributed by atoms with E-state index in [0.717, 1.165) is 6.42 Å². The van der Waals surface area contributed by atoms with E-state index in [0.29, 0.717) is 0 Å². The fraction of sp³-hybridized carbons (Fsp3) is 0.700. The maximum absolute atomic E-state index is 11.0. The minimum absolute atomic E-state index is 0.0764. The lowest BCUT2D eigenvalue weighted by Gasteiger charge is -2.17. The summed E-state index contributed by atoms with van der Waals surface area (Å²) in [7, 11) is 0. The lowest BCUT2D eigenvalue weighted by atomic mass is 10.1. The molecule has 0 aliphatic carbocycles. The normalized spacial score (nSPS) is 14.5. The maximum Gasteiger partial charge on any atom is 0.433 e. The first-order valence-corrected chi connectivity index (χ1v) is 4.45. The molecule has 0 aromatic carbocycles. The van der Waals surface area contributed by atoms with Gasteiger partial charge in [-0.05, 0) is 40.0 Å². The molecule has 0 bridgehead atoms. The summed E-state index contributed by atoms with van der Waals surface area (Å²) in [4.78, 5) is 14.7. The third-order valence-corrected chi connectivity index (χ3v) is 1.31. The van der Waals surface area contributed by atoms with Crippen molar-refractivity contribution in [2.45, 2.75) is 39.7 Å². The Morgan fingerprint density at radius 3 is 2.54 bits per heavy atom. The SMILES string of the molecule is [CH2]C(C=NC(=O)OC(C)(C)C)CC. The van der Waals surface area contributed by atoms with Crippen LogP contribution in [0.25, 0.3) is 0 Å². The highest BCUT2D eigenvalue weighted by Gasteiger charge is 2.14. The predicted molar refractivity (Wildman–Crippen MR) is 53.9 cm³/mol. The van der Waals surface area contributed by atoms with Gasteiger partial charge in [0.2, 0.25) is 0 Å². The van der Waals surface area contributed by atoms with Gasteiger partial charge in [-0.25, -0.2) is 4.79 Å². The van der Waals surface area contributed by atoms with Crippen molar-refractivity contribution in [3.05, 3.63) is 6.92 Å². The largest absolute Gasteiger partial charge is 0.442 e. The molecule has 1 amide bonds. The Morgan fingerprint density at radius 1 is 1.62 bits per heavy atom. The van der Waals surface area contributed by atoms with E-state index in [9.17, 15) is 4.79 Å². The van der Waals surface area contributed by atoms with Gasteiger partial charge in [0.05, 0.1) is 0 Å². The Balaban J connectivity index is 3.95. The second kappa shape index (κ2) is 5.00. The van der Waals surface area contributed by atoms with Crippen LogP contribution in [0.2, 0.25) is 0 Å². The molecule has 0 saturated carbocycles. The monoisotopic (exact) mass is 184 g/mol. The van der Waals surface area contributed by atoms with Crippen LogP contribution in [-0.2, 0) is 4.74 Å². The van der Waals surface area contributed by atoms with Gasteiger partial charge >= 0.3 is 6.09 Å². The third-order valence-electron chi connectivity index (χ3n) is 1.31. The van der Waals surface area contributed by atoms with Gasteiger partial charge in [0, 0.05) is 6.21 Å². The van der Waals surface area contributed by atoms with Crippen LogP contribution in [0.15, 0.2) is 4.99 Å². The first kappa shape index (κ1) is 12.1. The zero-order chi connectivity index (χ0) is 10.5. The van der Waals surface area contributed by atoms with Crippen molar-refractivity contribution in [3.63, 3.8) is 0 Å².